The van der Waals surface area contributed by atoms with Crippen LogP contribution >= 0.6 is 23.2 Å². The van der Waals surface area contributed by atoms with Crippen molar-refractivity contribution in [3.63, 3.8) is 0 Å². The van der Waals surface area contributed by atoms with Crippen molar-refractivity contribution in [1.82, 2.24) is 5.43 Å². The first kappa shape index (κ1) is 28.1. The highest BCUT2D eigenvalue weighted by atomic mass is 35.5. The molecule has 0 unspecified atom stereocenters. The Morgan fingerprint density at radius 2 is 1.68 bits per heavy atom. The van der Waals surface area contributed by atoms with Crippen molar-refractivity contribution in [2.75, 3.05) is 18.0 Å². The second kappa shape index (κ2) is 13.8. The van der Waals surface area contributed by atoms with E-state index in [1.165, 1.54) is 18.2 Å². The molecule has 1 amide bonds. The number of benzene rings is 3. The van der Waals surface area contributed by atoms with Crippen LogP contribution in [-0.4, -0.2) is 29.9 Å². The maximum absolute atomic E-state index is 12.7. The maximum atomic E-state index is 12.7. The second-order valence-electron chi connectivity index (χ2n) is 8.02. The molecule has 3 aromatic carbocycles. The standard InChI is InChI=1S/C27H23Cl2N7O2/c1-18-15-22(36(13-3-11-30)14-4-12-31)8-9-23(18)26(33-32-21-6-2-5-19(28)16-21)34-35-27(38)24-17-20(29)7-10-25(24)37/h2,5-10,15-17,37H,3-4,13-14H2,1H3,(H,35,38)/b33-32?,34-26-. The topological polar surface area (TPSA) is 137 Å². The number of phenolic OH excluding ortho intramolecular Hbond substituents is 1. The van der Waals surface area contributed by atoms with E-state index in [9.17, 15) is 9.90 Å². The molecule has 0 aliphatic carbocycles. The molecular weight excluding hydrogens is 525 g/mol. The third kappa shape index (κ3) is 7.78. The van der Waals surface area contributed by atoms with Crippen LogP contribution in [-0.2, 0) is 0 Å². The molecule has 38 heavy (non-hydrogen) atoms. The summed E-state index contributed by atoms with van der Waals surface area (Å²) in [6, 6.07) is 20.6. The molecule has 0 saturated heterocycles. The van der Waals surface area contributed by atoms with E-state index in [4.69, 9.17) is 33.7 Å². The number of hydrogen-bond acceptors (Lipinski definition) is 7. The Hall–Kier alpha value is -4.44. The molecule has 0 aliphatic heterocycles. The van der Waals surface area contributed by atoms with Crippen molar-refractivity contribution in [2.24, 2.45) is 15.3 Å². The van der Waals surface area contributed by atoms with E-state index in [-0.39, 0.29) is 22.2 Å². The molecule has 2 N–H and O–H groups in total. The molecule has 3 aromatic rings. The van der Waals surface area contributed by atoms with Gasteiger partial charge in [0.1, 0.15) is 5.75 Å². The zero-order valence-corrected chi connectivity index (χ0v) is 21.9. The van der Waals surface area contributed by atoms with Gasteiger partial charge in [-0.1, -0.05) is 29.3 Å². The molecule has 11 heteroatoms. The lowest BCUT2D eigenvalue weighted by Crippen LogP contribution is -2.25. The quantitative estimate of drug-likeness (QED) is 0.136. The number of aromatic hydroxyl groups is 1. The molecule has 0 spiro atoms. The Balaban J connectivity index is 1.98. The number of carbonyl (C=O) groups excluding carboxylic acids is 1. The molecule has 0 radical (unpaired) electrons. The fourth-order valence-corrected chi connectivity index (χ4v) is 3.83. The average molecular weight is 548 g/mol. The number of rotatable bonds is 9. The molecule has 192 valence electrons. The Labute approximate surface area is 230 Å². The Kier molecular flexibility index (Phi) is 10.2. The molecule has 0 aliphatic rings. The van der Waals surface area contributed by atoms with Gasteiger partial charge in [0, 0.05) is 34.4 Å². The Morgan fingerprint density at radius 3 is 2.34 bits per heavy atom. The van der Waals surface area contributed by atoms with Gasteiger partial charge in [0.05, 0.1) is 36.2 Å². The minimum absolute atomic E-state index is 0.0509. The number of anilines is 1. The van der Waals surface area contributed by atoms with Gasteiger partial charge in [-0.25, -0.2) is 5.43 Å². The smallest absolute Gasteiger partial charge is 0.275 e. The van der Waals surface area contributed by atoms with E-state index in [1.807, 2.05) is 24.0 Å². The van der Waals surface area contributed by atoms with E-state index in [1.54, 1.807) is 30.3 Å². The van der Waals surface area contributed by atoms with Crippen molar-refractivity contribution in [3.05, 3.63) is 87.4 Å². The number of azo groups is 1. The first-order chi connectivity index (χ1) is 18.3. The van der Waals surface area contributed by atoms with Crippen molar-refractivity contribution in [2.45, 2.75) is 19.8 Å². The molecular formula is C27H23Cl2N7O2. The van der Waals surface area contributed by atoms with Gasteiger partial charge in [-0.3, -0.25) is 4.79 Å². The normalized spacial score (nSPS) is 11.1. The fourth-order valence-electron chi connectivity index (χ4n) is 3.47. The van der Waals surface area contributed by atoms with E-state index >= 15 is 0 Å². The SMILES string of the molecule is Cc1cc(N(CCC#N)CCC#N)ccc1/C(N=Nc1cccc(Cl)c1)=N/NC(=O)c1cc(Cl)ccc1O. The monoisotopic (exact) mass is 547 g/mol. The van der Waals surface area contributed by atoms with Gasteiger partial charge in [-0.05, 0) is 67.1 Å². The van der Waals surface area contributed by atoms with Crippen LogP contribution in [0, 0.1) is 29.6 Å². The number of nitrogens with one attached hydrogen (secondary N) is 1. The predicted octanol–water partition coefficient (Wildman–Crippen LogP) is 6.52. The van der Waals surface area contributed by atoms with E-state index in [0.29, 0.717) is 42.2 Å². The molecule has 0 saturated carbocycles. The summed E-state index contributed by atoms with van der Waals surface area (Å²) in [4.78, 5) is 14.7. The van der Waals surface area contributed by atoms with Crippen molar-refractivity contribution in [3.8, 4) is 17.9 Å². The molecule has 0 bridgehead atoms. The number of amidine groups is 1. The Bertz CT molecular complexity index is 1440. The molecule has 0 heterocycles. The van der Waals surface area contributed by atoms with Crippen LogP contribution in [0.5, 0.6) is 5.75 Å². The number of phenols is 1. The van der Waals surface area contributed by atoms with Gasteiger partial charge in [0.15, 0.2) is 0 Å². The minimum atomic E-state index is -0.686. The third-order valence-electron chi connectivity index (χ3n) is 5.34. The van der Waals surface area contributed by atoms with Crippen LogP contribution in [0.4, 0.5) is 11.4 Å². The van der Waals surface area contributed by atoms with Crippen molar-refractivity contribution >= 4 is 46.3 Å². The minimum Gasteiger partial charge on any atom is -0.507 e. The summed E-state index contributed by atoms with van der Waals surface area (Å²) in [5, 5.41) is 41.5. The second-order valence-corrected chi connectivity index (χ2v) is 8.89. The predicted molar refractivity (Wildman–Crippen MR) is 147 cm³/mol. The summed E-state index contributed by atoms with van der Waals surface area (Å²) < 4.78 is 0. The lowest BCUT2D eigenvalue weighted by molar-refractivity contribution is 0.0952. The summed E-state index contributed by atoms with van der Waals surface area (Å²) in [7, 11) is 0. The molecule has 0 aromatic heterocycles. The summed E-state index contributed by atoms with van der Waals surface area (Å²) in [6.07, 6.45) is 0.629. The zero-order valence-electron chi connectivity index (χ0n) is 20.4. The van der Waals surface area contributed by atoms with E-state index in [0.717, 1.165) is 11.3 Å². The average Bonchev–Trinajstić information content (AvgIpc) is 2.90. The first-order valence-corrected chi connectivity index (χ1v) is 12.2. The summed E-state index contributed by atoms with van der Waals surface area (Å²) in [6.45, 7) is 2.80. The molecule has 3 rings (SSSR count). The maximum Gasteiger partial charge on any atom is 0.275 e. The highest BCUT2D eigenvalue weighted by Gasteiger charge is 2.15. The summed E-state index contributed by atoms with van der Waals surface area (Å²) >= 11 is 12.0. The number of carbonyl (C=O) groups is 1. The molecule has 0 atom stereocenters. The first-order valence-electron chi connectivity index (χ1n) is 11.5. The van der Waals surface area contributed by atoms with Crippen LogP contribution in [0.25, 0.3) is 0 Å². The van der Waals surface area contributed by atoms with Crippen LogP contribution in [0.15, 0.2) is 76.0 Å². The van der Waals surface area contributed by atoms with Gasteiger partial charge >= 0.3 is 0 Å². The van der Waals surface area contributed by atoms with E-state index in [2.05, 4.69) is 32.9 Å². The van der Waals surface area contributed by atoms with E-state index < -0.39 is 5.91 Å². The highest BCUT2D eigenvalue weighted by Crippen LogP contribution is 2.24. The van der Waals surface area contributed by atoms with Gasteiger partial charge in [0.25, 0.3) is 5.91 Å². The van der Waals surface area contributed by atoms with Crippen molar-refractivity contribution in [1.29, 1.82) is 10.5 Å². The Morgan fingerprint density at radius 1 is 0.974 bits per heavy atom. The number of hydrogen-bond donors (Lipinski definition) is 2. The lowest BCUT2D eigenvalue weighted by Gasteiger charge is -2.23. The number of aryl methyl sites for hydroxylation is 1. The number of halogens is 2. The summed E-state index contributed by atoms with van der Waals surface area (Å²) in [5.74, 6) is -0.835. The summed E-state index contributed by atoms with van der Waals surface area (Å²) in [5.41, 5.74) is 5.01. The number of hydrazone groups is 1. The third-order valence-corrected chi connectivity index (χ3v) is 5.81. The zero-order chi connectivity index (χ0) is 27.5. The van der Waals surface area contributed by atoms with Crippen LogP contribution in [0.3, 0.4) is 0 Å². The largest absolute Gasteiger partial charge is 0.507 e. The number of nitrogens with zero attached hydrogens (tertiary/aromatic N) is 6. The van der Waals surface area contributed by atoms with Crippen LogP contribution in [0.1, 0.15) is 34.3 Å². The van der Waals surface area contributed by atoms with Crippen molar-refractivity contribution < 1.29 is 9.90 Å². The van der Waals surface area contributed by atoms with Gasteiger partial charge < -0.3 is 10.0 Å². The highest BCUT2D eigenvalue weighted by molar-refractivity contribution is 6.31. The number of amides is 1. The fraction of sp³-hybridized carbons (Fsp3) is 0.185. The van der Waals surface area contributed by atoms with Gasteiger partial charge in [-0.2, -0.15) is 10.5 Å². The van der Waals surface area contributed by atoms with Crippen LogP contribution in [0.2, 0.25) is 10.0 Å². The number of nitriles is 2. The van der Waals surface area contributed by atoms with Gasteiger partial charge in [-0.15, -0.1) is 15.3 Å². The van der Waals surface area contributed by atoms with Gasteiger partial charge in [0.2, 0.25) is 5.84 Å². The molecule has 0 fully saturated rings. The lowest BCUT2D eigenvalue weighted by atomic mass is 10.1. The van der Waals surface area contributed by atoms with Crippen LogP contribution < -0.4 is 10.3 Å². The molecule has 9 nitrogen and oxygen atoms in total.